The average molecular weight is 1450 g/mol. The summed E-state index contributed by atoms with van der Waals surface area (Å²) in [7, 11) is 0. The van der Waals surface area contributed by atoms with Crippen LogP contribution in [0, 0.1) is 23.6 Å². The first-order valence-corrected chi connectivity index (χ1v) is 35.4. The first-order valence-electron chi connectivity index (χ1n) is 33.2. The lowest BCUT2D eigenvalue weighted by molar-refractivity contribution is 0.0856. The van der Waals surface area contributed by atoms with Crippen LogP contribution in [0.5, 0.6) is 17.2 Å². The summed E-state index contributed by atoms with van der Waals surface area (Å²) in [6.45, 7) is 0.653. The largest absolute Gasteiger partial charge is 0.491 e. The maximum Gasteiger partial charge on any atom is 0.287 e. The van der Waals surface area contributed by atoms with E-state index in [0.717, 1.165) is 112 Å². The molecule has 15 nitrogen and oxygen atoms in total. The second-order valence-corrected chi connectivity index (χ2v) is 28.2. The third-order valence-electron chi connectivity index (χ3n) is 18.2. The quantitative estimate of drug-likeness (QED) is 0.0333. The van der Waals surface area contributed by atoms with Crippen molar-refractivity contribution in [1.82, 2.24) is 16.0 Å². The van der Waals surface area contributed by atoms with E-state index >= 15 is 0 Å². The van der Waals surface area contributed by atoms with Gasteiger partial charge in [-0.2, -0.15) is 0 Å². The Labute approximate surface area is 593 Å². The van der Waals surface area contributed by atoms with Gasteiger partial charge in [0.1, 0.15) is 59.6 Å². The van der Waals surface area contributed by atoms with Crippen molar-refractivity contribution in [3.63, 3.8) is 0 Å². The fourth-order valence-electron chi connectivity index (χ4n) is 12.7. The number of nitrogens with one attached hydrogen (secondary N) is 3. The normalized spacial score (nSPS) is 19.5. The molecule has 9 aromatic rings. The van der Waals surface area contributed by atoms with Crippen LogP contribution in [0.1, 0.15) is 147 Å². The molecule has 0 saturated heterocycles. The minimum absolute atomic E-state index is 0.0391. The molecule has 6 N–H and O–H groups in total. The number of carbonyl (C=O) groups excluding carboxylic acids is 3. The third-order valence-corrected chi connectivity index (χ3v) is 19.7. The summed E-state index contributed by atoms with van der Waals surface area (Å²) >= 11 is 35.4. The molecule has 3 aliphatic carbocycles. The van der Waals surface area contributed by atoms with Crippen molar-refractivity contribution in [2.75, 3.05) is 19.8 Å². The van der Waals surface area contributed by atoms with E-state index in [2.05, 4.69) is 16.0 Å². The van der Waals surface area contributed by atoms with Crippen LogP contribution in [0.15, 0.2) is 153 Å². The highest BCUT2D eigenvalue weighted by Gasteiger charge is 2.28. The third kappa shape index (κ3) is 22.7. The lowest BCUT2D eigenvalue weighted by atomic mass is 9.83. The average Bonchev–Trinajstić information content (AvgIpc) is 1.70. The molecule has 12 rings (SSSR count). The monoisotopic (exact) mass is 1440 g/mol. The zero-order valence-corrected chi connectivity index (χ0v) is 58.0. The van der Waals surface area contributed by atoms with Crippen molar-refractivity contribution in [3.8, 4) is 17.2 Å². The van der Waals surface area contributed by atoms with E-state index in [1.165, 1.54) is 12.1 Å². The second-order valence-electron chi connectivity index (χ2n) is 25.6. The van der Waals surface area contributed by atoms with Gasteiger partial charge < -0.3 is 58.7 Å². The number of hydrogen-bond donors (Lipinski definition) is 6. The van der Waals surface area contributed by atoms with Crippen molar-refractivity contribution in [2.45, 2.75) is 152 Å². The maximum atomic E-state index is 13.5. The number of furan rings is 3. The highest BCUT2D eigenvalue weighted by atomic mass is 35.5. The Morgan fingerprint density at radius 1 is 0.392 bits per heavy atom. The molecule has 516 valence electrons. The molecular weight excluding hydrogens is 1370 g/mol. The van der Waals surface area contributed by atoms with Gasteiger partial charge in [-0.15, -0.1) is 0 Å². The standard InChI is InChI=1S/C25H26Cl2FNO4.2C25H27Cl2NO4/c26-17-4-10-23-16(11-17)12-24(33-23)25(31)29-18-5-1-15(2-6-18)3-7-19(30)14-32-20-8-9-21(27)22(28)13-20;2*26-18-4-10-22(11-5-18)31-15-21(29)9-3-16-1-7-20(8-2-16)28-25(30)24-14-17-13-19(27)6-12-23(17)32-24/h4,8-13,15,18-19,30H,1-3,5-7,14H2,(H,29,31);2*4-6,10-14,16,20-21,29H,1-3,7-9,15H2,(H,28,30)/t;2*16?,20?,21-/m.10/s1. The molecule has 0 spiro atoms. The first kappa shape index (κ1) is 73.0. The molecule has 3 amide bonds. The molecule has 3 fully saturated rings. The van der Waals surface area contributed by atoms with Gasteiger partial charge in [0.2, 0.25) is 0 Å². The van der Waals surface area contributed by atoms with Gasteiger partial charge in [-0.25, -0.2) is 4.39 Å². The van der Waals surface area contributed by atoms with Gasteiger partial charge in [0.05, 0.1) is 23.3 Å². The Balaban J connectivity index is 0.000000158. The van der Waals surface area contributed by atoms with Gasteiger partial charge in [0.25, 0.3) is 17.7 Å². The van der Waals surface area contributed by atoms with Crippen LogP contribution in [0.4, 0.5) is 4.39 Å². The summed E-state index contributed by atoms with van der Waals surface area (Å²) in [4.78, 5) is 37.7. The zero-order chi connectivity index (χ0) is 68.4. The van der Waals surface area contributed by atoms with Crippen molar-refractivity contribution >= 4 is 120 Å². The van der Waals surface area contributed by atoms with E-state index in [4.69, 9.17) is 97.1 Å². The van der Waals surface area contributed by atoms with Gasteiger partial charge in [-0.3, -0.25) is 14.4 Å². The van der Waals surface area contributed by atoms with Crippen molar-refractivity contribution < 1.29 is 61.6 Å². The van der Waals surface area contributed by atoms with Crippen molar-refractivity contribution in [2.24, 2.45) is 17.8 Å². The number of fused-ring (bicyclic) bond motifs is 3. The predicted octanol–water partition coefficient (Wildman–Crippen LogP) is 18.9. The maximum absolute atomic E-state index is 13.5. The van der Waals surface area contributed by atoms with Crippen LogP contribution in [-0.4, -0.2) is 89.3 Å². The minimum atomic E-state index is -0.622. The summed E-state index contributed by atoms with van der Waals surface area (Å²) < 4.78 is 47.1. The highest BCUT2D eigenvalue weighted by molar-refractivity contribution is 6.32. The van der Waals surface area contributed by atoms with Gasteiger partial charge in [0.15, 0.2) is 17.3 Å². The number of hydrogen-bond acceptors (Lipinski definition) is 12. The molecule has 3 atom stereocenters. The van der Waals surface area contributed by atoms with Crippen LogP contribution >= 0.6 is 69.6 Å². The zero-order valence-electron chi connectivity index (χ0n) is 53.5. The molecule has 0 aliphatic heterocycles. The summed E-state index contributed by atoms with van der Waals surface area (Å²) in [6.07, 6.45) is 14.8. The molecular formula is C75H80Cl6FN3O12. The fourth-order valence-corrected chi connectivity index (χ4v) is 13.6. The Hall–Kier alpha value is -6.70. The van der Waals surface area contributed by atoms with Crippen LogP contribution in [-0.2, 0) is 0 Å². The number of ether oxygens (including phenoxy) is 3. The molecule has 6 aromatic carbocycles. The van der Waals surface area contributed by atoms with E-state index in [-0.39, 0.29) is 66.5 Å². The van der Waals surface area contributed by atoms with Crippen LogP contribution in [0.25, 0.3) is 32.9 Å². The molecule has 3 aromatic heterocycles. The predicted molar refractivity (Wildman–Crippen MR) is 380 cm³/mol. The molecule has 22 heteroatoms. The molecule has 1 unspecified atom stereocenters. The van der Waals surface area contributed by atoms with E-state index in [9.17, 15) is 34.1 Å². The second kappa shape index (κ2) is 35.9. The Morgan fingerprint density at radius 2 is 0.680 bits per heavy atom. The number of carbonyl (C=O) groups is 3. The molecule has 97 heavy (non-hydrogen) atoms. The van der Waals surface area contributed by atoms with E-state index in [1.54, 1.807) is 127 Å². The SMILES string of the molecule is O=C(NC1CCC(CCC(O)COc2ccc(Cl)c(F)c2)CC1)c1cc2cc(Cl)ccc2o1.O=C(NC1CCC(CC[C@@H](O)COc2ccc(Cl)cc2)CC1)c1cc2cc(Cl)ccc2o1.O=C(NC1CCC(CC[C@H](O)COc2ccc(Cl)cc2)CC1)c1cc2cc(Cl)ccc2o1. The van der Waals surface area contributed by atoms with Crippen molar-refractivity contribution in [3.05, 3.63) is 193 Å². The number of amides is 3. The van der Waals surface area contributed by atoms with Crippen LogP contribution in [0.3, 0.4) is 0 Å². The first-order chi connectivity index (χ1) is 46.8. The number of aliphatic hydroxyl groups is 3. The molecule has 0 bridgehead atoms. The number of benzene rings is 6. The topological polar surface area (TPSA) is 215 Å². The summed E-state index contributed by atoms with van der Waals surface area (Å²) in [5, 5.41) is 45.6. The summed E-state index contributed by atoms with van der Waals surface area (Å²) in [6, 6.07) is 39.9. The number of halogens is 7. The molecule has 3 aliphatic rings. The smallest absolute Gasteiger partial charge is 0.287 e. The van der Waals surface area contributed by atoms with Crippen LogP contribution < -0.4 is 30.2 Å². The minimum Gasteiger partial charge on any atom is -0.491 e. The van der Waals surface area contributed by atoms with Gasteiger partial charge in [-0.05, 0) is 267 Å². The Morgan fingerprint density at radius 3 is 0.990 bits per heavy atom. The van der Waals surface area contributed by atoms with Gasteiger partial charge >= 0.3 is 0 Å². The molecule has 3 saturated carbocycles. The lowest BCUT2D eigenvalue weighted by Gasteiger charge is -2.29. The van der Waals surface area contributed by atoms with E-state index in [0.29, 0.717) is 108 Å². The highest BCUT2D eigenvalue weighted by Crippen LogP contribution is 2.34. The van der Waals surface area contributed by atoms with Gasteiger partial charge in [-0.1, -0.05) is 69.6 Å². The molecule has 3 heterocycles. The Bertz CT molecular complexity index is 3840. The summed E-state index contributed by atoms with van der Waals surface area (Å²) in [5.74, 6) is 3.16. The summed E-state index contributed by atoms with van der Waals surface area (Å²) in [5.41, 5.74) is 1.95. The van der Waals surface area contributed by atoms with Crippen LogP contribution in [0.2, 0.25) is 30.1 Å². The van der Waals surface area contributed by atoms with Gasteiger partial charge in [0, 0.05) is 65.5 Å². The lowest BCUT2D eigenvalue weighted by Crippen LogP contribution is -2.37. The number of aliphatic hydroxyl groups excluding tert-OH is 3. The Kier molecular flexibility index (Phi) is 27.0. The van der Waals surface area contributed by atoms with Crippen molar-refractivity contribution in [1.29, 1.82) is 0 Å². The van der Waals surface area contributed by atoms with E-state index < -0.39 is 24.1 Å². The van der Waals surface area contributed by atoms with E-state index in [1.807, 2.05) is 0 Å². The number of rotatable bonds is 24. The fraction of sp³-hybridized carbons (Fsp3) is 0.400. The molecule has 0 radical (unpaired) electrons.